The van der Waals surface area contributed by atoms with E-state index < -0.39 is 0 Å². The Kier molecular flexibility index (Phi) is 7.26. The summed E-state index contributed by atoms with van der Waals surface area (Å²) in [4.78, 5) is 21.5. The average Bonchev–Trinajstić information content (AvgIpc) is 2.95. The summed E-state index contributed by atoms with van der Waals surface area (Å²) < 4.78 is 6.12. The van der Waals surface area contributed by atoms with Crippen LogP contribution in [0.5, 0.6) is 11.5 Å². The lowest BCUT2D eigenvalue weighted by Crippen LogP contribution is -2.24. The average molecular weight is 501 g/mol. The number of hydrogen-bond acceptors (Lipinski definition) is 7. The minimum Gasteiger partial charge on any atom is -0.455 e. The third-order valence-electron chi connectivity index (χ3n) is 6.10. The maximum absolute atomic E-state index is 13.0. The van der Waals surface area contributed by atoms with Crippen LogP contribution in [0.3, 0.4) is 0 Å². The number of fused-ring (bicyclic) bond motifs is 1. The number of piperidine rings is 1. The van der Waals surface area contributed by atoms with Gasteiger partial charge in [-0.05, 0) is 62.3 Å². The number of carbonyl (C=O) groups is 1. The summed E-state index contributed by atoms with van der Waals surface area (Å²) in [6, 6.07) is 16.5. The summed E-state index contributed by atoms with van der Waals surface area (Å²) in [7, 11) is 0. The van der Waals surface area contributed by atoms with Crippen molar-refractivity contribution in [1.82, 2.24) is 15.3 Å². The third kappa shape index (κ3) is 5.62. The Bertz CT molecular complexity index is 1610. The molecule has 186 valence electrons. The van der Waals surface area contributed by atoms with Crippen molar-refractivity contribution < 1.29 is 9.53 Å². The topological polar surface area (TPSA) is 112 Å². The van der Waals surface area contributed by atoms with Crippen LogP contribution in [-0.2, 0) is 4.79 Å². The van der Waals surface area contributed by atoms with Crippen LogP contribution in [0.2, 0.25) is 0 Å². The number of hydrogen-bond donors (Lipinski definition) is 3. The van der Waals surface area contributed by atoms with Gasteiger partial charge in [0.15, 0.2) is 5.75 Å². The highest BCUT2D eigenvalue weighted by Gasteiger charge is 2.17. The lowest BCUT2D eigenvalue weighted by Gasteiger charge is -2.17. The largest absolute Gasteiger partial charge is 0.455 e. The molecule has 8 nitrogen and oxygen atoms in total. The normalized spacial score (nSPS) is 12.7. The molecule has 1 amide bonds. The Morgan fingerprint density at radius 3 is 2.71 bits per heavy atom. The van der Waals surface area contributed by atoms with E-state index >= 15 is 0 Å². The van der Waals surface area contributed by atoms with Crippen LogP contribution in [0.25, 0.3) is 10.9 Å². The molecular weight excluding hydrogens is 476 g/mol. The number of anilines is 3. The van der Waals surface area contributed by atoms with Gasteiger partial charge in [0.2, 0.25) is 5.91 Å². The maximum atomic E-state index is 13.0. The number of nitrogens with zero attached hydrogens (tertiary/aromatic N) is 3. The van der Waals surface area contributed by atoms with Gasteiger partial charge in [-0.2, -0.15) is 5.26 Å². The van der Waals surface area contributed by atoms with Gasteiger partial charge in [-0.25, -0.2) is 0 Å². The van der Waals surface area contributed by atoms with E-state index in [1.165, 1.54) is 6.20 Å². The first-order valence-electron chi connectivity index (χ1n) is 12.1. The fourth-order valence-electron chi connectivity index (χ4n) is 4.23. The number of ether oxygens (including phenoxy) is 1. The van der Waals surface area contributed by atoms with E-state index in [2.05, 4.69) is 37.9 Å². The van der Waals surface area contributed by atoms with E-state index in [1.54, 1.807) is 42.7 Å². The molecule has 38 heavy (non-hydrogen) atoms. The van der Waals surface area contributed by atoms with Gasteiger partial charge in [0.1, 0.15) is 11.8 Å². The molecule has 8 heteroatoms. The highest BCUT2D eigenvalue weighted by molar-refractivity contribution is 6.05. The van der Waals surface area contributed by atoms with Gasteiger partial charge in [0.05, 0.1) is 22.5 Å². The second kappa shape index (κ2) is 11.3. The van der Waals surface area contributed by atoms with Crippen molar-refractivity contribution in [2.24, 2.45) is 0 Å². The van der Waals surface area contributed by atoms with Gasteiger partial charge in [-0.15, -0.1) is 6.42 Å². The van der Waals surface area contributed by atoms with Gasteiger partial charge in [-0.1, -0.05) is 17.6 Å². The van der Waals surface area contributed by atoms with E-state index in [1.807, 2.05) is 24.3 Å². The van der Waals surface area contributed by atoms with Crippen LogP contribution in [0.15, 0.2) is 78.8 Å². The summed E-state index contributed by atoms with van der Waals surface area (Å²) in [5, 5.41) is 20.1. The number of terminal acetylenes is 1. The molecule has 4 aromatic rings. The predicted molar refractivity (Wildman–Crippen MR) is 147 cm³/mol. The minimum absolute atomic E-state index is 0.249. The molecule has 2 aromatic heterocycles. The standard InChI is InChI=1S/C30H24N6O2/c1-2-20-4-3-5-23(14-20)35-30-22(18-31)19-34-26-17-28(38-24-8-12-33-13-9-24)27(16-25(26)30)36-29(37)15-21-6-10-32-11-7-21/h1,3-5,8-9,12-17,19,32H,6-7,10-11H2,(H,34,35)(H,36,37). The molecule has 0 bridgehead atoms. The quantitative estimate of drug-likeness (QED) is 0.244. The molecule has 0 saturated carbocycles. The van der Waals surface area contributed by atoms with Crippen LogP contribution in [0.1, 0.15) is 24.0 Å². The van der Waals surface area contributed by atoms with Gasteiger partial charge < -0.3 is 20.7 Å². The van der Waals surface area contributed by atoms with Crippen molar-refractivity contribution in [3.8, 4) is 29.9 Å². The molecule has 0 aliphatic carbocycles. The molecule has 0 atom stereocenters. The number of aromatic nitrogens is 2. The number of pyridine rings is 2. The molecule has 0 radical (unpaired) electrons. The Morgan fingerprint density at radius 1 is 1.13 bits per heavy atom. The van der Waals surface area contributed by atoms with Crippen molar-refractivity contribution in [3.05, 3.63) is 89.9 Å². The molecule has 1 aliphatic heterocycles. The van der Waals surface area contributed by atoms with Crippen molar-refractivity contribution >= 4 is 33.9 Å². The molecule has 1 saturated heterocycles. The van der Waals surface area contributed by atoms with Gasteiger partial charge in [0, 0.05) is 47.4 Å². The van der Waals surface area contributed by atoms with E-state index in [0.717, 1.165) is 37.2 Å². The van der Waals surface area contributed by atoms with Gasteiger partial charge in [-0.3, -0.25) is 14.8 Å². The lowest BCUT2D eigenvalue weighted by atomic mass is 10.0. The SMILES string of the molecule is C#Cc1cccc(Nc2c(C#N)cnc3cc(Oc4ccncc4)c(NC(=O)C=C4CCNCC4)cc23)c1. The lowest BCUT2D eigenvalue weighted by molar-refractivity contribution is -0.112. The number of rotatable bonds is 6. The Labute approximate surface area is 220 Å². The minimum atomic E-state index is -0.249. The summed E-state index contributed by atoms with van der Waals surface area (Å²) in [5.74, 6) is 3.34. The maximum Gasteiger partial charge on any atom is 0.248 e. The Morgan fingerprint density at radius 2 is 1.95 bits per heavy atom. The zero-order valence-electron chi connectivity index (χ0n) is 20.5. The van der Waals surface area contributed by atoms with E-state index in [0.29, 0.717) is 44.9 Å². The molecular formula is C30H24N6O2. The Hall–Kier alpha value is -5.18. The first-order valence-corrected chi connectivity index (χ1v) is 12.1. The molecule has 5 rings (SSSR count). The molecule has 1 aliphatic rings. The second-order valence-electron chi connectivity index (χ2n) is 8.70. The number of nitrogens with one attached hydrogen (secondary N) is 3. The first-order chi connectivity index (χ1) is 18.6. The van der Waals surface area contributed by atoms with Crippen molar-refractivity contribution in [3.63, 3.8) is 0 Å². The highest BCUT2D eigenvalue weighted by Crippen LogP contribution is 2.38. The van der Waals surface area contributed by atoms with Gasteiger partial charge >= 0.3 is 0 Å². The van der Waals surface area contributed by atoms with Crippen LogP contribution >= 0.6 is 0 Å². The monoisotopic (exact) mass is 500 g/mol. The van der Waals surface area contributed by atoms with Crippen LogP contribution in [0, 0.1) is 23.7 Å². The number of carbonyl (C=O) groups excluding carboxylic acids is 1. The predicted octanol–water partition coefficient (Wildman–Crippen LogP) is 5.27. The summed E-state index contributed by atoms with van der Waals surface area (Å²) in [6.45, 7) is 1.70. The van der Waals surface area contributed by atoms with Crippen LogP contribution in [-0.4, -0.2) is 29.0 Å². The van der Waals surface area contributed by atoms with E-state index in [-0.39, 0.29) is 5.91 Å². The third-order valence-corrected chi connectivity index (χ3v) is 6.10. The smallest absolute Gasteiger partial charge is 0.248 e. The molecule has 0 spiro atoms. The number of benzene rings is 2. The highest BCUT2D eigenvalue weighted by atomic mass is 16.5. The van der Waals surface area contributed by atoms with Crippen molar-refractivity contribution in [2.75, 3.05) is 23.7 Å². The van der Waals surface area contributed by atoms with E-state index in [9.17, 15) is 10.1 Å². The zero-order chi connectivity index (χ0) is 26.3. The zero-order valence-corrected chi connectivity index (χ0v) is 20.5. The fraction of sp³-hybridized carbons (Fsp3) is 0.133. The van der Waals surface area contributed by atoms with Crippen LogP contribution < -0.4 is 20.7 Å². The summed E-state index contributed by atoms with van der Waals surface area (Å²) in [5.41, 5.74) is 4.44. The molecule has 3 heterocycles. The van der Waals surface area contributed by atoms with Crippen molar-refractivity contribution in [2.45, 2.75) is 12.8 Å². The molecule has 1 fully saturated rings. The fourth-order valence-corrected chi connectivity index (χ4v) is 4.23. The van der Waals surface area contributed by atoms with Crippen LogP contribution in [0.4, 0.5) is 17.1 Å². The molecule has 0 unspecified atom stereocenters. The second-order valence-corrected chi connectivity index (χ2v) is 8.70. The number of amides is 1. The summed E-state index contributed by atoms with van der Waals surface area (Å²) >= 11 is 0. The number of nitriles is 1. The summed E-state index contributed by atoms with van der Waals surface area (Å²) in [6.07, 6.45) is 13.6. The molecule has 3 N–H and O–H groups in total. The Balaban J connectivity index is 1.59. The van der Waals surface area contributed by atoms with Crippen molar-refractivity contribution in [1.29, 1.82) is 5.26 Å². The van der Waals surface area contributed by atoms with Gasteiger partial charge in [0.25, 0.3) is 0 Å². The molecule has 2 aromatic carbocycles. The first kappa shape index (κ1) is 24.5. The van der Waals surface area contributed by atoms with E-state index in [4.69, 9.17) is 11.2 Å².